The van der Waals surface area contributed by atoms with Crippen LogP contribution in [0.15, 0.2) is 36.4 Å². The van der Waals surface area contributed by atoms with Gasteiger partial charge in [-0.3, -0.25) is 14.5 Å². The first kappa shape index (κ1) is 13.1. The first-order valence-electron chi connectivity index (χ1n) is 6.47. The Kier molecular flexibility index (Phi) is 2.86. The summed E-state index contributed by atoms with van der Waals surface area (Å²) in [4.78, 5) is 14.8. The van der Waals surface area contributed by atoms with Crippen molar-refractivity contribution in [3.8, 4) is 11.3 Å². The monoisotopic (exact) mass is 282 g/mol. The standard InChI is InChI=1S/C15H14N4O2/c1-9-7-10(2)18-13(8-9)17-14(15(18)16)11-3-5-12(6-4-11)19(20)21/h3-8H,16H2,1-2H3. The smallest absolute Gasteiger partial charge is 0.269 e. The van der Waals surface area contributed by atoms with Crippen LogP contribution in [0.3, 0.4) is 0 Å². The quantitative estimate of drug-likeness (QED) is 0.578. The molecule has 0 spiro atoms. The minimum Gasteiger partial charge on any atom is -0.383 e. The Balaban J connectivity index is 2.18. The predicted octanol–water partition coefficient (Wildman–Crippen LogP) is 3.11. The summed E-state index contributed by atoms with van der Waals surface area (Å²) in [7, 11) is 0. The Morgan fingerprint density at radius 1 is 1.19 bits per heavy atom. The van der Waals surface area contributed by atoms with Gasteiger partial charge in [0.05, 0.1) is 4.92 Å². The van der Waals surface area contributed by atoms with Crippen LogP contribution in [0, 0.1) is 24.0 Å². The molecule has 3 rings (SSSR count). The fourth-order valence-corrected chi connectivity index (χ4v) is 2.51. The van der Waals surface area contributed by atoms with E-state index in [1.807, 2.05) is 30.4 Å². The fourth-order valence-electron chi connectivity index (χ4n) is 2.51. The number of fused-ring (bicyclic) bond motifs is 1. The van der Waals surface area contributed by atoms with Crippen LogP contribution in [0.25, 0.3) is 16.9 Å². The molecule has 0 aliphatic rings. The second-order valence-electron chi connectivity index (χ2n) is 5.02. The number of nitrogens with zero attached hydrogens (tertiary/aromatic N) is 3. The molecule has 21 heavy (non-hydrogen) atoms. The number of nitro groups is 1. The van der Waals surface area contributed by atoms with E-state index in [0.29, 0.717) is 11.5 Å². The number of hydrogen-bond donors (Lipinski definition) is 1. The predicted molar refractivity (Wildman–Crippen MR) is 81.2 cm³/mol. The molecule has 0 saturated heterocycles. The Morgan fingerprint density at radius 2 is 1.86 bits per heavy atom. The number of rotatable bonds is 2. The Morgan fingerprint density at radius 3 is 2.48 bits per heavy atom. The van der Waals surface area contributed by atoms with Crippen molar-refractivity contribution in [2.75, 3.05) is 5.73 Å². The lowest BCUT2D eigenvalue weighted by molar-refractivity contribution is -0.384. The second kappa shape index (κ2) is 4.59. The van der Waals surface area contributed by atoms with E-state index in [4.69, 9.17) is 5.73 Å². The molecule has 6 nitrogen and oxygen atoms in total. The minimum absolute atomic E-state index is 0.0492. The topological polar surface area (TPSA) is 86.5 Å². The highest BCUT2D eigenvalue weighted by molar-refractivity contribution is 5.76. The van der Waals surface area contributed by atoms with Crippen molar-refractivity contribution < 1.29 is 4.92 Å². The fraction of sp³-hybridized carbons (Fsp3) is 0.133. The molecule has 0 saturated carbocycles. The Labute approximate surface area is 121 Å². The number of imidazole rings is 1. The van der Waals surface area contributed by atoms with Crippen LogP contribution in [-0.2, 0) is 0 Å². The van der Waals surface area contributed by atoms with Gasteiger partial charge in [0, 0.05) is 23.4 Å². The van der Waals surface area contributed by atoms with E-state index in [2.05, 4.69) is 4.98 Å². The van der Waals surface area contributed by atoms with Gasteiger partial charge < -0.3 is 5.73 Å². The maximum atomic E-state index is 10.7. The molecular weight excluding hydrogens is 268 g/mol. The number of hydrogen-bond acceptors (Lipinski definition) is 4. The van der Waals surface area contributed by atoms with Crippen LogP contribution in [-0.4, -0.2) is 14.3 Å². The van der Waals surface area contributed by atoms with E-state index in [1.165, 1.54) is 12.1 Å². The zero-order valence-corrected chi connectivity index (χ0v) is 11.7. The molecule has 2 heterocycles. The number of aryl methyl sites for hydroxylation is 2. The average Bonchev–Trinajstić information content (AvgIpc) is 2.76. The summed E-state index contributed by atoms with van der Waals surface area (Å²) in [5.74, 6) is 0.538. The van der Waals surface area contributed by atoms with Crippen LogP contribution in [0.2, 0.25) is 0 Å². The Hall–Kier alpha value is -2.89. The van der Waals surface area contributed by atoms with Crippen LogP contribution < -0.4 is 5.73 Å². The van der Waals surface area contributed by atoms with E-state index in [1.54, 1.807) is 12.1 Å². The third kappa shape index (κ3) is 2.10. The normalized spacial score (nSPS) is 11.0. The maximum Gasteiger partial charge on any atom is 0.269 e. The van der Waals surface area contributed by atoms with Crippen LogP contribution in [0.4, 0.5) is 11.5 Å². The van der Waals surface area contributed by atoms with Crippen LogP contribution >= 0.6 is 0 Å². The molecule has 0 amide bonds. The summed E-state index contributed by atoms with van der Waals surface area (Å²) in [6, 6.07) is 10.2. The van der Waals surface area contributed by atoms with Crippen molar-refractivity contribution >= 4 is 17.2 Å². The molecule has 6 heteroatoms. The number of nitrogens with two attached hydrogens (primary N) is 1. The molecule has 106 valence electrons. The Bertz CT molecular complexity index is 850. The molecular formula is C15H14N4O2. The van der Waals surface area contributed by atoms with Crippen molar-refractivity contribution in [3.63, 3.8) is 0 Å². The molecule has 0 aliphatic carbocycles. The maximum absolute atomic E-state index is 10.7. The number of nitro benzene ring substituents is 1. The van der Waals surface area contributed by atoms with Gasteiger partial charge in [0.1, 0.15) is 17.2 Å². The highest BCUT2D eigenvalue weighted by atomic mass is 16.6. The highest BCUT2D eigenvalue weighted by Crippen LogP contribution is 2.29. The van der Waals surface area contributed by atoms with Gasteiger partial charge in [0.15, 0.2) is 0 Å². The van der Waals surface area contributed by atoms with Gasteiger partial charge in [0.2, 0.25) is 0 Å². The summed E-state index contributed by atoms with van der Waals surface area (Å²) < 4.78 is 1.88. The molecule has 2 aromatic heterocycles. The molecule has 0 fully saturated rings. The van der Waals surface area contributed by atoms with Gasteiger partial charge in [-0.1, -0.05) is 0 Å². The number of pyridine rings is 1. The lowest BCUT2D eigenvalue weighted by Gasteiger charge is -2.03. The van der Waals surface area contributed by atoms with Gasteiger partial charge in [-0.25, -0.2) is 4.98 Å². The third-order valence-corrected chi connectivity index (χ3v) is 3.44. The van der Waals surface area contributed by atoms with E-state index >= 15 is 0 Å². The van der Waals surface area contributed by atoms with Gasteiger partial charge in [0.25, 0.3) is 5.69 Å². The number of non-ortho nitro benzene ring substituents is 1. The van der Waals surface area contributed by atoms with E-state index in [9.17, 15) is 10.1 Å². The summed E-state index contributed by atoms with van der Waals surface area (Å²) >= 11 is 0. The van der Waals surface area contributed by atoms with E-state index < -0.39 is 4.92 Å². The van der Waals surface area contributed by atoms with Crippen molar-refractivity contribution in [2.45, 2.75) is 13.8 Å². The highest BCUT2D eigenvalue weighted by Gasteiger charge is 2.14. The van der Waals surface area contributed by atoms with Crippen LogP contribution in [0.5, 0.6) is 0 Å². The number of benzene rings is 1. The van der Waals surface area contributed by atoms with Gasteiger partial charge in [-0.05, 0) is 43.7 Å². The molecule has 0 bridgehead atoms. The number of aromatic nitrogens is 2. The molecule has 2 N–H and O–H groups in total. The van der Waals surface area contributed by atoms with Crippen molar-refractivity contribution in [3.05, 3.63) is 57.8 Å². The van der Waals surface area contributed by atoms with Crippen LogP contribution in [0.1, 0.15) is 11.3 Å². The van der Waals surface area contributed by atoms with Gasteiger partial charge >= 0.3 is 0 Å². The molecule has 1 aromatic carbocycles. The zero-order valence-electron chi connectivity index (χ0n) is 11.7. The van der Waals surface area contributed by atoms with E-state index in [0.717, 1.165) is 22.5 Å². The molecule has 0 unspecified atom stereocenters. The third-order valence-electron chi connectivity index (χ3n) is 3.44. The lowest BCUT2D eigenvalue weighted by atomic mass is 10.1. The van der Waals surface area contributed by atoms with E-state index in [-0.39, 0.29) is 5.69 Å². The first-order valence-corrected chi connectivity index (χ1v) is 6.47. The largest absolute Gasteiger partial charge is 0.383 e. The lowest BCUT2D eigenvalue weighted by Crippen LogP contribution is -1.98. The van der Waals surface area contributed by atoms with Crippen molar-refractivity contribution in [2.24, 2.45) is 0 Å². The average molecular weight is 282 g/mol. The van der Waals surface area contributed by atoms with Crippen molar-refractivity contribution in [1.82, 2.24) is 9.38 Å². The summed E-state index contributed by atoms with van der Waals surface area (Å²) in [6.45, 7) is 3.97. The molecule has 0 atom stereocenters. The number of anilines is 1. The van der Waals surface area contributed by atoms with Crippen molar-refractivity contribution in [1.29, 1.82) is 0 Å². The molecule has 3 aromatic rings. The minimum atomic E-state index is -0.426. The summed E-state index contributed by atoms with van der Waals surface area (Å²) in [5, 5.41) is 10.7. The molecule has 0 radical (unpaired) electrons. The SMILES string of the molecule is Cc1cc(C)n2c(N)c(-c3ccc([N+](=O)[O-])cc3)nc2c1. The number of nitrogen functional groups attached to an aromatic ring is 1. The summed E-state index contributed by atoms with van der Waals surface area (Å²) in [5.41, 5.74) is 10.5. The second-order valence-corrected chi connectivity index (χ2v) is 5.02. The van der Waals surface area contributed by atoms with Gasteiger partial charge in [-0.15, -0.1) is 0 Å². The van der Waals surface area contributed by atoms with Gasteiger partial charge in [-0.2, -0.15) is 0 Å². The zero-order chi connectivity index (χ0) is 15.1. The summed E-state index contributed by atoms with van der Waals surface area (Å²) in [6.07, 6.45) is 0. The molecule has 0 aliphatic heterocycles. The first-order chi connectivity index (χ1) is 9.97.